The molecule has 0 radical (unpaired) electrons. The van der Waals surface area contributed by atoms with Gasteiger partial charge in [0.1, 0.15) is 0 Å². The molecule has 0 aliphatic rings. The van der Waals surface area contributed by atoms with Crippen LogP contribution >= 0.6 is 0 Å². The zero-order valence-electron chi connectivity index (χ0n) is 9.37. The fourth-order valence-corrected chi connectivity index (χ4v) is 1.39. The Balaban J connectivity index is 2.75. The average Bonchev–Trinajstić information content (AvgIpc) is 2.16. The molecule has 6 heteroatoms. The van der Waals surface area contributed by atoms with Crippen LogP contribution in [-0.4, -0.2) is 22.5 Å². The van der Waals surface area contributed by atoms with Crippen LogP contribution in [0.5, 0.6) is 0 Å². The molecule has 1 heterocycles. The van der Waals surface area contributed by atoms with Gasteiger partial charge in [-0.15, -0.1) is 0 Å². The van der Waals surface area contributed by atoms with E-state index in [1.165, 1.54) is 0 Å². The average molecular weight is 225 g/mol. The molecule has 0 atom stereocenters. The van der Waals surface area contributed by atoms with Crippen molar-refractivity contribution in [3.05, 3.63) is 21.6 Å². The van der Waals surface area contributed by atoms with Crippen LogP contribution in [-0.2, 0) is 16.0 Å². The highest BCUT2D eigenvalue weighted by molar-refractivity contribution is 5.69. The van der Waals surface area contributed by atoms with E-state index in [2.05, 4.69) is 9.97 Å². The van der Waals surface area contributed by atoms with E-state index in [1.54, 1.807) is 13.8 Å². The van der Waals surface area contributed by atoms with Gasteiger partial charge in [0.05, 0.1) is 6.61 Å². The highest BCUT2D eigenvalue weighted by Gasteiger charge is 2.09. The predicted molar refractivity (Wildman–Crippen MR) is 59.0 cm³/mol. The fraction of sp³-hybridized carbons (Fsp3) is 0.500. The number of nitrogens with two attached hydrogens (primary N) is 1. The van der Waals surface area contributed by atoms with Gasteiger partial charge in [-0.05, 0) is 20.3 Å². The Morgan fingerprint density at radius 1 is 1.56 bits per heavy atom. The van der Waals surface area contributed by atoms with Crippen LogP contribution in [0.4, 0.5) is 5.95 Å². The third kappa shape index (κ3) is 3.08. The molecule has 0 saturated heterocycles. The number of hydrogen-bond acceptors (Lipinski definition) is 5. The van der Waals surface area contributed by atoms with E-state index in [9.17, 15) is 9.59 Å². The zero-order valence-corrected chi connectivity index (χ0v) is 9.37. The van der Waals surface area contributed by atoms with Gasteiger partial charge in [0.15, 0.2) is 0 Å². The Kier molecular flexibility index (Phi) is 4.04. The van der Waals surface area contributed by atoms with Crippen molar-refractivity contribution in [3.63, 3.8) is 0 Å². The first-order valence-electron chi connectivity index (χ1n) is 5.05. The second-order valence-electron chi connectivity index (χ2n) is 3.32. The summed E-state index contributed by atoms with van der Waals surface area (Å²) in [6.07, 6.45) is 0.483. The lowest BCUT2D eigenvalue weighted by atomic mass is 10.1. The summed E-state index contributed by atoms with van der Waals surface area (Å²) < 4.78 is 4.77. The van der Waals surface area contributed by atoms with Crippen LogP contribution in [0.15, 0.2) is 4.79 Å². The molecular weight excluding hydrogens is 210 g/mol. The van der Waals surface area contributed by atoms with Crippen molar-refractivity contribution >= 4 is 11.9 Å². The van der Waals surface area contributed by atoms with Crippen molar-refractivity contribution < 1.29 is 9.53 Å². The van der Waals surface area contributed by atoms with Crippen molar-refractivity contribution in [1.29, 1.82) is 0 Å². The predicted octanol–water partition coefficient (Wildman–Crippen LogP) is 0.156. The minimum Gasteiger partial charge on any atom is -0.466 e. The van der Waals surface area contributed by atoms with Crippen LogP contribution in [0.2, 0.25) is 0 Å². The number of nitrogens with one attached hydrogen (secondary N) is 1. The van der Waals surface area contributed by atoms with Crippen LogP contribution in [0, 0.1) is 6.92 Å². The number of anilines is 1. The molecule has 0 saturated carbocycles. The molecule has 1 rings (SSSR count). The molecule has 0 aromatic carbocycles. The Hall–Kier alpha value is -1.85. The standard InChI is InChI=1S/C10H15N3O3/c1-3-16-8(14)5-4-7-6(2)12-10(11)13-9(7)15/h3-5H2,1-2H3,(H3,11,12,13,15). The normalized spacial score (nSPS) is 10.1. The van der Waals surface area contributed by atoms with Gasteiger partial charge in [-0.25, -0.2) is 4.98 Å². The monoisotopic (exact) mass is 225 g/mol. The number of aromatic nitrogens is 2. The summed E-state index contributed by atoms with van der Waals surface area (Å²) in [5, 5.41) is 0. The van der Waals surface area contributed by atoms with Crippen molar-refractivity contribution in [3.8, 4) is 0 Å². The van der Waals surface area contributed by atoms with E-state index in [-0.39, 0.29) is 23.9 Å². The SMILES string of the molecule is CCOC(=O)CCc1c(C)nc(N)[nH]c1=O. The Labute approximate surface area is 92.8 Å². The number of carbonyl (C=O) groups excluding carboxylic acids is 1. The first-order valence-corrected chi connectivity index (χ1v) is 5.05. The van der Waals surface area contributed by atoms with Gasteiger partial charge in [0.25, 0.3) is 5.56 Å². The number of nitrogens with zero attached hydrogens (tertiary/aromatic N) is 1. The van der Waals surface area contributed by atoms with E-state index < -0.39 is 0 Å². The topological polar surface area (TPSA) is 98.1 Å². The maximum atomic E-state index is 11.5. The lowest BCUT2D eigenvalue weighted by Crippen LogP contribution is -2.19. The van der Waals surface area contributed by atoms with Gasteiger partial charge in [0, 0.05) is 17.7 Å². The molecule has 16 heavy (non-hydrogen) atoms. The second-order valence-corrected chi connectivity index (χ2v) is 3.32. The molecule has 88 valence electrons. The molecule has 0 fully saturated rings. The summed E-state index contributed by atoms with van der Waals surface area (Å²) in [6.45, 7) is 3.76. The molecular formula is C10H15N3O3. The number of nitrogen functional groups attached to an aromatic ring is 1. The minimum atomic E-state index is -0.321. The van der Waals surface area contributed by atoms with Gasteiger partial charge in [-0.2, -0.15) is 0 Å². The van der Waals surface area contributed by atoms with Gasteiger partial charge >= 0.3 is 5.97 Å². The first-order chi connectivity index (χ1) is 7.54. The fourth-order valence-electron chi connectivity index (χ4n) is 1.39. The number of hydrogen-bond donors (Lipinski definition) is 2. The number of H-pyrrole nitrogens is 1. The summed E-state index contributed by atoms with van der Waals surface area (Å²) >= 11 is 0. The molecule has 3 N–H and O–H groups in total. The van der Waals surface area contributed by atoms with E-state index in [1.807, 2.05) is 0 Å². The Bertz CT molecular complexity index is 439. The van der Waals surface area contributed by atoms with Crippen molar-refractivity contribution in [2.45, 2.75) is 26.7 Å². The molecule has 1 aromatic heterocycles. The number of aromatic amines is 1. The quantitative estimate of drug-likeness (QED) is 0.711. The lowest BCUT2D eigenvalue weighted by Gasteiger charge is -2.04. The first kappa shape index (κ1) is 12.2. The number of ether oxygens (including phenoxy) is 1. The molecule has 0 amide bonds. The minimum absolute atomic E-state index is 0.0855. The Morgan fingerprint density at radius 3 is 2.81 bits per heavy atom. The molecule has 0 aliphatic heterocycles. The van der Waals surface area contributed by atoms with E-state index in [0.29, 0.717) is 24.3 Å². The molecule has 0 unspecified atom stereocenters. The summed E-state index contributed by atoms with van der Waals surface area (Å²) in [5.74, 6) is -0.236. The third-order valence-electron chi connectivity index (χ3n) is 2.13. The highest BCUT2D eigenvalue weighted by Crippen LogP contribution is 2.04. The number of rotatable bonds is 4. The van der Waals surface area contributed by atoms with Crippen LogP contribution in [0.1, 0.15) is 24.6 Å². The van der Waals surface area contributed by atoms with E-state index >= 15 is 0 Å². The van der Waals surface area contributed by atoms with Crippen molar-refractivity contribution in [2.75, 3.05) is 12.3 Å². The maximum Gasteiger partial charge on any atom is 0.306 e. The largest absolute Gasteiger partial charge is 0.466 e. The van der Waals surface area contributed by atoms with Crippen LogP contribution < -0.4 is 11.3 Å². The third-order valence-corrected chi connectivity index (χ3v) is 2.13. The smallest absolute Gasteiger partial charge is 0.306 e. The van der Waals surface area contributed by atoms with Crippen molar-refractivity contribution in [1.82, 2.24) is 9.97 Å². The lowest BCUT2D eigenvalue weighted by molar-refractivity contribution is -0.143. The molecule has 6 nitrogen and oxygen atoms in total. The number of aryl methyl sites for hydroxylation is 1. The zero-order chi connectivity index (χ0) is 12.1. The van der Waals surface area contributed by atoms with E-state index in [0.717, 1.165) is 0 Å². The van der Waals surface area contributed by atoms with Gasteiger partial charge in [-0.1, -0.05) is 0 Å². The highest BCUT2D eigenvalue weighted by atomic mass is 16.5. The summed E-state index contributed by atoms with van der Waals surface area (Å²) in [4.78, 5) is 29.0. The summed E-state index contributed by atoms with van der Waals surface area (Å²) in [5.41, 5.74) is 6.10. The molecule has 0 spiro atoms. The van der Waals surface area contributed by atoms with Gasteiger partial charge in [0.2, 0.25) is 5.95 Å². The molecule has 1 aromatic rings. The summed E-state index contributed by atoms with van der Waals surface area (Å²) in [7, 11) is 0. The molecule has 0 bridgehead atoms. The maximum absolute atomic E-state index is 11.5. The van der Waals surface area contributed by atoms with Gasteiger partial charge < -0.3 is 10.5 Å². The van der Waals surface area contributed by atoms with Gasteiger partial charge in [-0.3, -0.25) is 14.6 Å². The van der Waals surface area contributed by atoms with Crippen molar-refractivity contribution in [2.24, 2.45) is 0 Å². The number of esters is 1. The second kappa shape index (κ2) is 5.29. The Morgan fingerprint density at radius 2 is 2.25 bits per heavy atom. The number of carbonyl (C=O) groups is 1. The van der Waals surface area contributed by atoms with Crippen LogP contribution in [0.25, 0.3) is 0 Å². The molecule has 0 aliphatic carbocycles. The van der Waals surface area contributed by atoms with E-state index in [4.69, 9.17) is 10.5 Å². The van der Waals surface area contributed by atoms with Crippen LogP contribution in [0.3, 0.4) is 0 Å². The summed E-state index contributed by atoms with van der Waals surface area (Å²) in [6, 6.07) is 0.